The zero-order valence-electron chi connectivity index (χ0n) is 10.1. The lowest BCUT2D eigenvalue weighted by Crippen LogP contribution is -2.08. The molecule has 2 aromatic rings. The van der Waals surface area contributed by atoms with E-state index in [0.717, 1.165) is 0 Å². The monoisotopic (exact) mass is 352 g/mol. The van der Waals surface area contributed by atoms with Crippen LogP contribution in [0.2, 0.25) is 0 Å². The van der Waals surface area contributed by atoms with Gasteiger partial charge in [0.25, 0.3) is 10.0 Å². The smallest absolute Gasteiger partial charge is 0.286 e. The molecule has 2 N–H and O–H groups in total. The van der Waals surface area contributed by atoms with Gasteiger partial charge in [-0.3, -0.25) is 0 Å². The molecule has 0 unspecified atom stereocenters. The Morgan fingerprint density at radius 3 is 2.65 bits per heavy atom. The molecule has 0 amide bonds. The SMILES string of the molecule is Nc1cccc(OC2=NS(=O)(=O)c3ccccc32)c1Br. The summed E-state index contributed by atoms with van der Waals surface area (Å²) in [5, 5.41) is 0. The molecule has 5 nitrogen and oxygen atoms in total. The number of fused-ring (bicyclic) bond motifs is 1. The Morgan fingerprint density at radius 1 is 1.10 bits per heavy atom. The number of ether oxygens (including phenoxy) is 1. The molecule has 3 rings (SSSR count). The summed E-state index contributed by atoms with van der Waals surface area (Å²) in [5.41, 5.74) is 6.70. The van der Waals surface area contributed by atoms with Crippen LogP contribution in [0, 0.1) is 0 Å². The average molecular weight is 353 g/mol. The van der Waals surface area contributed by atoms with E-state index in [2.05, 4.69) is 20.3 Å². The third-order valence-electron chi connectivity index (χ3n) is 2.80. The fraction of sp³-hybridized carbons (Fsp3) is 0. The highest BCUT2D eigenvalue weighted by atomic mass is 79.9. The number of anilines is 1. The Bertz CT molecular complexity index is 831. The van der Waals surface area contributed by atoms with E-state index in [0.29, 0.717) is 21.5 Å². The molecular weight excluding hydrogens is 344 g/mol. The number of hydrogen-bond acceptors (Lipinski definition) is 4. The molecule has 20 heavy (non-hydrogen) atoms. The van der Waals surface area contributed by atoms with Crippen molar-refractivity contribution in [2.75, 3.05) is 5.73 Å². The van der Waals surface area contributed by atoms with Gasteiger partial charge in [0.15, 0.2) is 0 Å². The van der Waals surface area contributed by atoms with E-state index < -0.39 is 10.0 Å². The highest BCUT2D eigenvalue weighted by Crippen LogP contribution is 2.33. The molecule has 1 aliphatic rings. The van der Waals surface area contributed by atoms with Crippen LogP contribution in [0.15, 0.2) is 56.2 Å². The quantitative estimate of drug-likeness (QED) is 0.799. The summed E-state index contributed by atoms with van der Waals surface area (Å²) in [7, 11) is -3.68. The van der Waals surface area contributed by atoms with Gasteiger partial charge in [-0.2, -0.15) is 8.42 Å². The first-order valence-electron chi connectivity index (χ1n) is 5.65. The first kappa shape index (κ1) is 13.1. The van der Waals surface area contributed by atoms with E-state index in [9.17, 15) is 8.42 Å². The van der Waals surface area contributed by atoms with E-state index >= 15 is 0 Å². The Morgan fingerprint density at radius 2 is 1.85 bits per heavy atom. The number of nitrogen functional groups attached to an aromatic ring is 1. The van der Waals surface area contributed by atoms with Gasteiger partial charge in [-0.25, -0.2) is 0 Å². The second-order valence-corrected chi connectivity index (χ2v) is 6.49. The van der Waals surface area contributed by atoms with Gasteiger partial charge in [0.1, 0.15) is 10.6 Å². The van der Waals surface area contributed by atoms with Gasteiger partial charge < -0.3 is 10.5 Å². The standard InChI is InChI=1S/C13H9BrN2O3S/c14-12-9(15)5-3-6-10(12)19-13-8-4-1-2-7-11(8)20(17,18)16-13/h1-7H,15H2. The van der Waals surface area contributed by atoms with Gasteiger partial charge in [-0.05, 0) is 40.2 Å². The minimum absolute atomic E-state index is 0.0481. The second kappa shape index (κ2) is 4.60. The molecule has 0 radical (unpaired) electrons. The van der Waals surface area contributed by atoms with Crippen LogP contribution < -0.4 is 10.5 Å². The van der Waals surface area contributed by atoms with Gasteiger partial charge in [0, 0.05) is 5.69 Å². The molecule has 0 bridgehead atoms. The highest BCUT2D eigenvalue weighted by Gasteiger charge is 2.30. The molecule has 1 heterocycles. The first-order valence-corrected chi connectivity index (χ1v) is 7.88. The molecule has 0 aliphatic carbocycles. The van der Waals surface area contributed by atoms with Crippen molar-refractivity contribution in [3.8, 4) is 5.75 Å². The molecule has 0 spiro atoms. The Kier molecular flexibility index (Phi) is 3.02. The molecule has 7 heteroatoms. The van der Waals surface area contributed by atoms with Gasteiger partial charge in [-0.1, -0.05) is 18.2 Å². The lowest BCUT2D eigenvalue weighted by molar-refractivity contribution is 0.551. The predicted octanol–water partition coefficient (Wildman–Crippen LogP) is 2.56. The van der Waals surface area contributed by atoms with Crippen molar-refractivity contribution in [3.63, 3.8) is 0 Å². The Labute approximate surface area is 124 Å². The number of nitrogens with two attached hydrogens (primary N) is 1. The van der Waals surface area contributed by atoms with Crippen molar-refractivity contribution in [3.05, 3.63) is 52.5 Å². The molecule has 0 saturated heterocycles. The zero-order chi connectivity index (χ0) is 14.3. The van der Waals surface area contributed by atoms with Crippen molar-refractivity contribution >= 4 is 37.5 Å². The van der Waals surface area contributed by atoms with E-state index in [1.165, 1.54) is 6.07 Å². The van der Waals surface area contributed by atoms with Crippen LogP contribution >= 0.6 is 15.9 Å². The van der Waals surface area contributed by atoms with E-state index in [-0.39, 0.29) is 10.8 Å². The number of rotatable bonds is 1. The Balaban J connectivity index is 2.07. The van der Waals surface area contributed by atoms with Crippen LogP contribution in [0.3, 0.4) is 0 Å². The molecule has 0 aromatic heterocycles. The number of nitrogens with zero attached hydrogens (tertiary/aromatic N) is 1. The fourth-order valence-corrected chi connectivity index (χ4v) is 3.34. The lowest BCUT2D eigenvalue weighted by atomic mass is 10.2. The summed E-state index contributed by atoms with van der Waals surface area (Å²) in [6, 6.07) is 11.6. The molecular formula is C13H9BrN2O3S. The fourth-order valence-electron chi connectivity index (χ4n) is 1.86. The van der Waals surface area contributed by atoms with Gasteiger partial charge in [-0.15, -0.1) is 4.40 Å². The van der Waals surface area contributed by atoms with Gasteiger partial charge >= 0.3 is 0 Å². The van der Waals surface area contributed by atoms with Crippen LogP contribution in [-0.2, 0) is 10.0 Å². The topological polar surface area (TPSA) is 81.8 Å². The summed E-state index contributed by atoms with van der Waals surface area (Å²) < 4.78 is 33.6. The lowest BCUT2D eigenvalue weighted by Gasteiger charge is -2.08. The number of sulfonamides is 1. The number of halogens is 1. The minimum Gasteiger partial charge on any atom is -0.436 e. The Hall–Kier alpha value is -1.86. The molecule has 0 fully saturated rings. The molecule has 2 aromatic carbocycles. The summed E-state index contributed by atoms with van der Waals surface area (Å²) in [4.78, 5) is 0.148. The van der Waals surface area contributed by atoms with Crippen LogP contribution in [-0.4, -0.2) is 14.3 Å². The maximum absolute atomic E-state index is 11.9. The highest BCUT2D eigenvalue weighted by molar-refractivity contribution is 9.10. The van der Waals surface area contributed by atoms with E-state index in [1.807, 2.05) is 0 Å². The number of hydrogen-bond donors (Lipinski definition) is 1. The van der Waals surface area contributed by atoms with Crippen molar-refractivity contribution in [2.24, 2.45) is 4.40 Å². The zero-order valence-corrected chi connectivity index (χ0v) is 12.5. The summed E-state index contributed by atoms with van der Waals surface area (Å²) >= 11 is 3.30. The van der Waals surface area contributed by atoms with Crippen LogP contribution in [0.1, 0.15) is 5.56 Å². The maximum atomic E-state index is 11.9. The van der Waals surface area contributed by atoms with Crippen LogP contribution in [0.5, 0.6) is 5.75 Å². The third-order valence-corrected chi connectivity index (χ3v) is 4.96. The van der Waals surface area contributed by atoms with Crippen molar-refractivity contribution in [2.45, 2.75) is 4.90 Å². The maximum Gasteiger partial charge on any atom is 0.286 e. The average Bonchev–Trinajstić information content (AvgIpc) is 2.67. The molecule has 0 saturated carbocycles. The van der Waals surface area contributed by atoms with E-state index in [1.54, 1.807) is 36.4 Å². The molecule has 0 atom stereocenters. The van der Waals surface area contributed by atoms with Crippen molar-refractivity contribution in [1.82, 2.24) is 0 Å². The van der Waals surface area contributed by atoms with Crippen molar-refractivity contribution in [1.29, 1.82) is 0 Å². The van der Waals surface area contributed by atoms with Crippen molar-refractivity contribution < 1.29 is 13.2 Å². The summed E-state index contributed by atoms with van der Waals surface area (Å²) in [6.07, 6.45) is 0. The van der Waals surface area contributed by atoms with Gasteiger partial charge in [0.05, 0.1) is 10.0 Å². The molecule has 102 valence electrons. The van der Waals surface area contributed by atoms with E-state index in [4.69, 9.17) is 10.5 Å². The minimum atomic E-state index is -3.68. The summed E-state index contributed by atoms with van der Waals surface area (Å²) in [5.74, 6) is 0.461. The normalized spacial score (nSPS) is 15.6. The van der Waals surface area contributed by atoms with Gasteiger partial charge in [0.2, 0.25) is 5.90 Å². The van der Waals surface area contributed by atoms with Crippen LogP contribution in [0.25, 0.3) is 0 Å². The molecule has 1 aliphatic heterocycles. The summed E-state index contributed by atoms with van der Waals surface area (Å²) in [6.45, 7) is 0. The van der Waals surface area contributed by atoms with Crippen LogP contribution in [0.4, 0.5) is 5.69 Å². The number of benzene rings is 2. The second-order valence-electron chi connectivity index (χ2n) is 4.13. The first-order chi connectivity index (χ1) is 9.49. The largest absolute Gasteiger partial charge is 0.436 e. The predicted molar refractivity (Wildman–Crippen MR) is 79.3 cm³/mol. The third kappa shape index (κ3) is 2.08.